The van der Waals surface area contributed by atoms with Crippen LogP contribution in [0.25, 0.3) is 11.0 Å². The second-order valence-electron chi connectivity index (χ2n) is 9.13. The Morgan fingerprint density at radius 3 is 2.27 bits per heavy atom. The number of aromatic nitrogens is 4. The second-order valence-corrected chi connectivity index (χ2v) is 9.13. The van der Waals surface area contributed by atoms with E-state index in [9.17, 15) is 19.2 Å². The summed E-state index contributed by atoms with van der Waals surface area (Å²) in [7, 11) is 1.69. The SMILES string of the molecule is CC(C)CN(C(=O)CCn1c(=O)n(C)c2ccccc21)c1c(N)n(CC(C)C)c(=O)[nH]c1=O. The molecule has 2 aromatic heterocycles. The monoisotopic (exact) mass is 456 g/mol. The van der Waals surface area contributed by atoms with Crippen molar-refractivity contribution in [3.8, 4) is 0 Å². The number of carbonyl (C=O) groups excluding carboxylic acids is 1. The molecule has 0 saturated carbocycles. The van der Waals surface area contributed by atoms with E-state index in [2.05, 4.69) is 4.98 Å². The number of rotatable bonds is 8. The number of nitrogens with two attached hydrogens (primary N) is 1. The molecule has 1 amide bonds. The Bertz CT molecular complexity index is 1340. The van der Waals surface area contributed by atoms with Crippen molar-refractivity contribution in [2.24, 2.45) is 18.9 Å². The van der Waals surface area contributed by atoms with Gasteiger partial charge in [-0.05, 0) is 24.0 Å². The Balaban J connectivity index is 1.99. The first-order valence-corrected chi connectivity index (χ1v) is 11.1. The minimum atomic E-state index is -0.700. The Morgan fingerprint density at radius 2 is 1.67 bits per heavy atom. The number of benzene rings is 1. The summed E-state index contributed by atoms with van der Waals surface area (Å²) in [5.74, 6) is -0.237. The lowest BCUT2D eigenvalue weighted by molar-refractivity contribution is -0.119. The Hall–Kier alpha value is -3.56. The summed E-state index contributed by atoms with van der Waals surface area (Å²) in [6.07, 6.45) is -0.0111. The van der Waals surface area contributed by atoms with Crippen LogP contribution in [0.5, 0.6) is 0 Å². The van der Waals surface area contributed by atoms with E-state index < -0.39 is 11.2 Å². The number of anilines is 2. The van der Waals surface area contributed by atoms with E-state index in [4.69, 9.17) is 5.73 Å². The molecule has 0 spiro atoms. The quantitative estimate of drug-likeness (QED) is 0.531. The third kappa shape index (κ3) is 4.79. The molecule has 10 heteroatoms. The van der Waals surface area contributed by atoms with E-state index >= 15 is 0 Å². The third-order valence-electron chi connectivity index (χ3n) is 5.48. The Morgan fingerprint density at radius 1 is 1.03 bits per heavy atom. The van der Waals surface area contributed by atoms with Crippen LogP contribution in [0, 0.1) is 11.8 Å². The standard InChI is InChI=1S/C23H32N6O4/c1-14(2)12-28(19-20(24)29(13-15(3)4)22(32)25-21(19)31)18(30)10-11-27-17-9-7-6-8-16(17)26(5)23(27)33/h6-9,14-15H,10-13,24H2,1-5H3,(H,25,31,32). The minimum absolute atomic E-state index is 0.0111. The molecule has 1 aromatic carbocycles. The Labute approximate surface area is 191 Å². The largest absolute Gasteiger partial charge is 0.383 e. The predicted molar refractivity (Wildman–Crippen MR) is 130 cm³/mol. The first-order chi connectivity index (χ1) is 15.5. The van der Waals surface area contributed by atoms with Crippen molar-refractivity contribution in [3.05, 3.63) is 55.6 Å². The van der Waals surface area contributed by atoms with E-state index in [0.29, 0.717) is 6.54 Å². The van der Waals surface area contributed by atoms with Gasteiger partial charge in [0.25, 0.3) is 5.56 Å². The number of nitrogen functional groups attached to an aromatic ring is 1. The number of para-hydroxylation sites is 2. The first-order valence-electron chi connectivity index (χ1n) is 11.1. The van der Waals surface area contributed by atoms with Crippen LogP contribution < -0.4 is 27.6 Å². The molecule has 2 heterocycles. The molecule has 3 rings (SSSR count). The van der Waals surface area contributed by atoms with Crippen LogP contribution in [0.4, 0.5) is 11.5 Å². The number of imidazole rings is 1. The van der Waals surface area contributed by atoms with E-state index in [1.54, 1.807) is 11.6 Å². The van der Waals surface area contributed by atoms with Crippen LogP contribution in [0.2, 0.25) is 0 Å². The molecule has 0 radical (unpaired) electrons. The molecule has 33 heavy (non-hydrogen) atoms. The van der Waals surface area contributed by atoms with Crippen LogP contribution in [0.15, 0.2) is 38.6 Å². The summed E-state index contributed by atoms with van der Waals surface area (Å²) in [5, 5.41) is 0. The van der Waals surface area contributed by atoms with Crippen LogP contribution in [0.3, 0.4) is 0 Å². The lowest BCUT2D eigenvalue weighted by Crippen LogP contribution is -2.43. The number of fused-ring (bicyclic) bond motifs is 1. The summed E-state index contributed by atoms with van der Waals surface area (Å²) >= 11 is 0. The summed E-state index contributed by atoms with van der Waals surface area (Å²) in [6, 6.07) is 7.36. The fourth-order valence-electron chi connectivity index (χ4n) is 3.99. The maximum Gasteiger partial charge on any atom is 0.330 e. The van der Waals surface area contributed by atoms with Gasteiger partial charge in [0, 0.05) is 33.1 Å². The van der Waals surface area contributed by atoms with Gasteiger partial charge in [-0.3, -0.25) is 28.3 Å². The zero-order chi connectivity index (χ0) is 24.4. The van der Waals surface area contributed by atoms with Crippen molar-refractivity contribution in [2.75, 3.05) is 17.2 Å². The molecule has 0 aliphatic carbocycles. The van der Waals surface area contributed by atoms with Gasteiger partial charge in [-0.1, -0.05) is 39.8 Å². The molecule has 0 bridgehead atoms. The van der Waals surface area contributed by atoms with Crippen molar-refractivity contribution in [1.29, 1.82) is 0 Å². The number of aromatic amines is 1. The molecule has 178 valence electrons. The number of H-pyrrole nitrogens is 1. The number of nitrogens with one attached hydrogen (secondary N) is 1. The van der Waals surface area contributed by atoms with Gasteiger partial charge < -0.3 is 10.6 Å². The van der Waals surface area contributed by atoms with Gasteiger partial charge in [-0.2, -0.15) is 0 Å². The summed E-state index contributed by atoms with van der Waals surface area (Å²) in [6.45, 7) is 8.40. The molecule has 3 aromatic rings. The van der Waals surface area contributed by atoms with Crippen molar-refractivity contribution in [2.45, 2.75) is 47.2 Å². The minimum Gasteiger partial charge on any atom is -0.383 e. The normalized spacial score (nSPS) is 11.6. The van der Waals surface area contributed by atoms with Crippen molar-refractivity contribution < 1.29 is 4.79 Å². The van der Waals surface area contributed by atoms with Gasteiger partial charge in [0.1, 0.15) is 5.82 Å². The van der Waals surface area contributed by atoms with Crippen molar-refractivity contribution in [1.82, 2.24) is 18.7 Å². The molecule has 10 nitrogen and oxygen atoms in total. The van der Waals surface area contributed by atoms with E-state index in [-0.39, 0.29) is 54.4 Å². The van der Waals surface area contributed by atoms with E-state index in [1.807, 2.05) is 52.0 Å². The highest BCUT2D eigenvalue weighted by atomic mass is 16.2. The molecule has 3 N–H and O–H groups in total. The van der Waals surface area contributed by atoms with E-state index in [0.717, 1.165) is 11.0 Å². The highest BCUT2D eigenvalue weighted by Crippen LogP contribution is 2.21. The average molecular weight is 457 g/mol. The van der Waals surface area contributed by atoms with Crippen LogP contribution in [-0.2, 0) is 24.9 Å². The summed E-state index contributed by atoms with van der Waals surface area (Å²) < 4.78 is 4.38. The summed E-state index contributed by atoms with van der Waals surface area (Å²) in [4.78, 5) is 54.7. The maximum atomic E-state index is 13.3. The summed E-state index contributed by atoms with van der Waals surface area (Å²) in [5.41, 5.74) is 6.20. The molecule has 0 saturated heterocycles. The van der Waals surface area contributed by atoms with Gasteiger partial charge in [0.2, 0.25) is 5.91 Å². The zero-order valence-electron chi connectivity index (χ0n) is 19.8. The maximum absolute atomic E-state index is 13.3. The number of amides is 1. The van der Waals surface area contributed by atoms with Gasteiger partial charge in [-0.15, -0.1) is 0 Å². The molecule has 0 unspecified atom stereocenters. The molecular formula is C23H32N6O4. The highest BCUT2D eigenvalue weighted by molar-refractivity contribution is 5.95. The number of hydrogen-bond acceptors (Lipinski definition) is 5. The fraction of sp³-hybridized carbons (Fsp3) is 0.478. The van der Waals surface area contributed by atoms with Gasteiger partial charge >= 0.3 is 11.4 Å². The van der Waals surface area contributed by atoms with Gasteiger partial charge in [-0.25, -0.2) is 9.59 Å². The number of nitrogens with zero attached hydrogens (tertiary/aromatic N) is 4. The van der Waals surface area contributed by atoms with Gasteiger partial charge in [0.05, 0.1) is 11.0 Å². The lowest BCUT2D eigenvalue weighted by atomic mass is 10.1. The topological polar surface area (TPSA) is 128 Å². The van der Waals surface area contributed by atoms with Gasteiger partial charge in [0.15, 0.2) is 5.69 Å². The van der Waals surface area contributed by atoms with Crippen molar-refractivity contribution in [3.63, 3.8) is 0 Å². The number of carbonyl (C=O) groups is 1. The molecule has 0 atom stereocenters. The highest BCUT2D eigenvalue weighted by Gasteiger charge is 2.25. The number of aryl methyl sites for hydroxylation is 2. The third-order valence-corrected chi connectivity index (χ3v) is 5.48. The first kappa shape index (κ1) is 24.1. The molecular weight excluding hydrogens is 424 g/mol. The van der Waals surface area contributed by atoms with Crippen LogP contribution in [0.1, 0.15) is 34.1 Å². The number of hydrogen-bond donors (Lipinski definition) is 2. The second kappa shape index (κ2) is 9.51. The van der Waals surface area contributed by atoms with Crippen LogP contribution in [-0.4, -0.2) is 31.1 Å². The average Bonchev–Trinajstić information content (AvgIpc) is 2.98. The fourth-order valence-corrected chi connectivity index (χ4v) is 3.99. The van der Waals surface area contributed by atoms with E-state index in [1.165, 1.54) is 14.0 Å². The van der Waals surface area contributed by atoms with Crippen LogP contribution >= 0.6 is 0 Å². The lowest BCUT2D eigenvalue weighted by Gasteiger charge is -2.26. The van der Waals surface area contributed by atoms with Crippen molar-refractivity contribution >= 4 is 28.4 Å². The predicted octanol–water partition coefficient (Wildman–Crippen LogP) is 1.51. The molecule has 0 fully saturated rings. The Kier molecular flexibility index (Phi) is 6.95. The smallest absolute Gasteiger partial charge is 0.330 e. The molecule has 0 aliphatic heterocycles. The zero-order valence-corrected chi connectivity index (χ0v) is 19.8. The molecule has 0 aliphatic rings.